The highest BCUT2D eigenvalue weighted by molar-refractivity contribution is 9.10. The SMILES string of the molecule is CC(C)n1c(SCc2ccc(Br)cn2)n[nH]c1=O. The van der Waals surface area contributed by atoms with Crippen molar-refractivity contribution < 1.29 is 0 Å². The van der Waals surface area contributed by atoms with E-state index in [0.29, 0.717) is 10.9 Å². The van der Waals surface area contributed by atoms with E-state index in [9.17, 15) is 4.79 Å². The number of aromatic amines is 1. The summed E-state index contributed by atoms with van der Waals surface area (Å²) in [5.41, 5.74) is 0.783. The Morgan fingerprint density at radius 2 is 2.28 bits per heavy atom. The molecule has 0 aliphatic carbocycles. The van der Waals surface area contributed by atoms with E-state index >= 15 is 0 Å². The second-order valence-electron chi connectivity index (χ2n) is 4.03. The summed E-state index contributed by atoms with van der Waals surface area (Å²) < 4.78 is 2.60. The van der Waals surface area contributed by atoms with Crippen LogP contribution in [0.1, 0.15) is 25.6 Å². The maximum atomic E-state index is 11.5. The van der Waals surface area contributed by atoms with Gasteiger partial charge >= 0.3 is 5.69 Å². The molecule has 2 aromatic rings. The Labute approximate surface area is 117 Å². The van der Waals surface area contributed by atoms with Gasteiger partial charge in [-0.05, 0) is 41.9 Å². The molecule has 0 spiro atoms. The van der Waals surface area contributed by atoms with Gasteiger partial charge in [-0.25, -0.2) is 9.89 Å². The molecule has 0 aromatic carbocycles. The molecule has 2 aromatic heterocycles. The van der Waals surface area contributed by atoms with Gasteiger partial charge in [0.15, 0.2) is 5.16 Å². The van der Waals surface area contributed by atoms with E-state index in [-0.39, 0.29) is 11.7 Å². The van der Waals surface area contributed by atoms with Crippen LogP contribution in [-0.2, 0) is 5.75 Å². The fraction of sp³-hybridized carbons (Fsp3) is 0.364. The van der Waals surface area contributed by atoms with Gasteiger partial charge in [0.2, 0.25) is 0 Å². The molecule has 2 rings (SSSR count). The molecule has 18 heavy (non-hydrogen) atoms. The molecular weight excluding hydrogens is 316 g/mol. The second kappa shape index (κ2) is 5.71. The molecule has 5 nitrogen and oxygen atoms in total. The van der Waals surface area contributed by atoms with Gasteiger partial charge in [0.05, 0.1) is 5.69 Å². The lowest BCUT2D eigenvalue weighted by Gasteiger charge is -2.08. The normalized spacial score (nSPS) is 11.1. The van der Waals surface area contributed by atoms with E-state index < -0.39 is 0 Å². The molecular formula is C11H13BrN4OS. The van der Waals surface area contributed by atoms with Crippen molar-refractivity contribution in [3.8, 4) is 0 Å². The average Bonchev–Trinajstić information content (AvgIpc) is 2.70. The van der Waals surface area contributed by atoms with E-state index in [0.717, 1.165) is 10.2 Å². The maximum Gasteiger partial charge on any atom is 0.344 e. The number of nitrogens with zero attached hydrogens (tertiary/aromatic N) is 3. The number of H-pyrrole nitrogens is 1. The number of thioether (sulfide) groups is 1. The smallest absolute Gasteiger partial charge is 0.268 e. The van der Waals surface area contributed by atoms with Crippen molar-refractivity contribution in [2.45, 2.75) is 30.8 Å². The predicted molar refractivity (Wildman–Crippen MR) is 74.7 cm³/mol. The Hall–Kier alpha value is -1.08. The third-order valence-electron chi connectivity index (χ3n) is 2.33. The lowest BCUT2D eigenvalue weighted by Crippen LogP contribution is -2.19. The van der Waals surface area contributed by atoms with Gasteiger partial charge in [-0.1, -0.05) is 11.8 Å². The van der Waals surface area contributed by atoms with Crippen molar-refractivity contribution in [3.63, 3.8) is 0 Å². The monoisotopic (exact) mass is 328 g/mol. The lowest BCUT2D eigenvalue weighted by atomic mass is 10.4. The standard InChI is InChI=1S/C11H13BrN4OS/c1-7(2)16-10(17)14-15-11(16)18-6-9-4-3-8(12)5-13-9/h3-5,7H,6H2,1-2H3,(H,14,17). The maximum absolute atomic E-state index is 11.5. The number of nitrogens with one attached hydrogen (secondary N) is 1. The van der Waals surface area contributed by atoms with Crippen LogP contribution in [0, 0.1) is 0 Å². The van der Waals surface area contributed by atoms with Crippen molar-refractivity contribution in [1.29, 1.82) is 0 Å². The van der Waals surface area contributed by atoms with Crippen LogP contribution in [0.15, 0.2) is 32.8 Å². The molecule has 0 saturated carbocycles. The quantitative estimate of drug-likeness (QED) is 0.876. The summed E-state index contributed by atoms with van der Waals surface area (Å²) in [5, 5.41) is 7.19. The fourth-order valence-corrected chi connectivity index (χ4v) is 2.70. The Kier molecular flexibility index (Phi) is 4.23. The topological polar surface area (TPSA) is 63.6 Å². The molecule has 0 unspecified atom stereocenters. The molecule has 0 amide bonds. The first-order valence-electron chi connectivity index (χ1n) is 5.48. The Morgan fingerprint density at radius 1 is 1.50 bits per heavy atom. The first-order chi connectivity index (χ1) is 8.58. The van der Waals surface area contributed by atoms with Crippen LogP contribution < -0.4 is 5.69 Å². The van der Waals surface area contributed by atoms with Crippen molar-refractivity contribution in [3.05, 3.63) is 39.0 Å². The molecule has 1 N–H and O–H groups in total. The zero-order valence-electron chi connectivity index (χ0n) is 10.1. The van der Waals surface area contributed by atoms with Crippen molar-refractivity contribution in [1.82, 2.24) is 19.7 Å². The minimum Gasteiger partial charge on any atom is -0.268 e. The summed E-state index contributed by atoms with van der Waals surface area (Å²) in [4.78, 5) is 15.8. The largest absolute Gasteiger partial charge is 0.344 e. The minimum absolute atomic E-state index is 0.0941. The number of rotatable bonds is 4. The van der Waals surface area contributed by atoms with Crippen LogP contribution in [0.2, 0.25) is 0 Å². The minimum atomic E-state index is -0.170. The van der Waals surface area contributed by atoms with Crippen LogP contribution in [0.4, 0.5) is 0 Å². The van der Waals surface area contributed by atoms with Crippen LogP contribution in [-0.4, -0.2) is 19.7 Å². The van der Waals surface area contributed by atoms with E-state index in [1.165, 1.54) is 11.8 Å². The predicted octanol–water partition coefficient (Wildman–Crippen LogP) is 2.60. The summed E-state index contributed by atoms with van der Waals surface area (Å²) >= 11 is 4.84. The first kappa shape index (κ1) is 13.4. The van der Waals surface area contributed by atoms with Gasteiger partial charge in [0, 0.05) is 22.5 Å². The van der Waals surface area contributed by atoms with Crippen LogP contribution in [0.25, 0.3) is 0 Å². The number of halogens is 1. The molecule has 0 aliphatic rings. The van der Waals surface area contributed by atoms with E-state index in [4.69, 9.17) is 0 Å². The zero-order valence-corrected chi connectivity index (χ0v) is 12.5. The highest BCUT2D eigenvalue weighted by Gasteiger charge is 2.11. The van der Waals surface area contributed by atoms with E-state index in [1.807, 2.05) is 26.0 Å². The molecule has 2 heterocycles. The molecule has 7 heteroatoms. The van der Waals surface area contributed by atoms with E-state index in [1.54, 1.807) is 10.8 Å². The van der Waals surface area contributed by atoms with Crippen LogP contribution >= 0.6 is 27.7 Å². The first-order valence-corrected chi connectivity index (χ1v) is 7.26. The highest BCUT2D eigenvalue weighted by Crippen LogP contribution is 2.21. The molecule has 0 atom stereocenters. The molecule has 0 aliphatic heterocycles. The van der Waals surface area contributed by atoms with Gasteiger partial charge in [0.25, 0.3) is 0 Å². The Morgan fingerprint density at radius 3 is 2.89 bits per heavy atom. The number of aromatic nitrogens is 4. The van der Waals surface area contributed by atoms with Gasteiger partial charge < -0.3 is 0 Å². The third kappa shape index (κ3) is 3.02. The van der Waals surface area contributed by atoms with Gasteiger partial charge in [0.1, 0.15) is 0 Å². The Bertz CT molecular complexity index is 575. The highest BCUT2D eigenvalue weighted by atomic mass is 79.9. The lowest BCUT2D eigenvalue weighted by molar-refractivity contribution is 0.534. The van der Waals surface area contributed by atoms with Gasteiger partial charge in [-0.2, -0.15) is 0 Å². The Balaban J connectivity index is 2.11. The molecule has 0 radical (unpaired) electrons. The van der Waals surface area contributed by atoms with Crippen molar-refractivity contribution in [2.24, 2.45) is 0 Å². The number of hydrogen-bond donors (Lipinski definition) is 1. The van der Waals surface area contributed by atoms with Crippen molar-refractivity contribution >= 4 is 27.7 Å². The summed E-state index contributed by atoms with van der Waals surface area (Å²) in [5.74, 6) is 0.685. The molecule has 0 saturated heterocycles. The molecule has 0 fully saturated rings. The van der Waals surface area contributed by atoms with E-state index in [2.05, 4.69) is 31.1 Å². The molecule has 0 bridgehead atoms. The number of hydrogen-bond acceptors (Lipinski definition) is 4. The number of pyridine rings is 1. The summed E-state index contributed by atoms with van der Waals surface area (Å²) in [6.45, 7) is 3.91. The summed E-state index contributed by atoms with van der Waals surface area (Å²) in [7, 11) is 0. The van der Waals surface area contributed by atoms with Crippen molar-refractivity contribution in [2.75, 3.05) is 0 Å². The zero-order chi connectivity index (χ0) is 13.1. The fourth-order valence-electron chi connectivity index (χ4n) is 1.48. The van der Waals surface area contributed by atoms with Gasteiger partial charge in [-0.3, -0.25) is 9.55 Å². The van der Waals surface area contributed by atoms with Crippen LogP contribution in [0.5, 0.6) is 0 Å². The summed E-state index contributed by atoms with van der Waals surface area (Å²) in [6, 6.07) is 3.99. The van der Waals surface area contributed by atoms with Crippen LogP contribution in [0.3, 0.4) is 0 Å². The second-order valence-corrected chi connectivity index (χ2v) is 5.89. The summed E-state index contributed by atoms with van der Waals surface area (Å²) in [6.07, 6.45) is 1.76. The molecule has 96 valence electrons. The van der Waals surface area contributed by atoms with Gasteiger partial charge in [-0.15, -0.1) is 5.10 Å². The third-order valence-corrected chi connectivity index (χ3v) is 3.78. The average molecular weight is 329 g/mol.